The van der Waals surface area contributed by atoms with Crippen LogP contribution in [-0.4, -0.2) is 36.6 Å². The van der Waals surface area contributed by atoms with Gasteiger partial charge < -0.3 is 14.6 Å². The molecule has 0 radical (unpaired) electrons. The summed E-state index contributed by atoms with van der Waals surface area (Å²) in [5.41, 5.74) is 0. The molecule has 0 spiro atoms. The fraction of sp³-hybridized carbons (Fsp3) is 1.00. The highest BCUT2D eigenvalue weighted by atomic mass is 16.6. The predicted molar refractivity (Wildman–Crippen MR) is 34.7 cm³/mol. The number of methoxy groups -OCH3 is 1. The van der Waals surface area contributed by atoms with Gasteiger partial charge in [-0.2, -0.15) is 0 Å². The molecule has 10 heavy (non-hydrogen) atoms. The summed E-state index contributed by atoms with van der Waals surface area (Å²) in [6.45, 7) is 0. The van der Waals surface area contributed by atoms with E-state index in [1.807, 2.05) is 0 Å². The van der Waals surface area contributed by atoms with Crippen LogP contribution in [0.15, 0.2) is 0 Å². The van der Waals surface area contributed by atoms with Gasteiger partial charge in [-0.1, -0.05) is 0 Å². The van der Waals surface area contributed by atoms with Gasteiger partial charge in [0.2, 0.25) is 0 Å². The van der Waals surface area contributed by atoms with Gasteiger partial charge in [0.05, 0.1) is 24.4 Å². The Bertz CT molecular complexity index is 137. The van der Waals surface area contributed by atoms with Crippen LogP contribution >= 0.6 is 0 Å². The van der Waals surface area contributed by atoms with E-state index in [2.05, 4.69) is 0 Å². The largest absolute Gasteiger partial charge is 0.390 e. The zero-order valence-electron chi connectivity index (χ0n) is 5.99. The third-order valence-electron chi connectivity index (χ3n) is 2.36. The number of hydrogen-bond donors (Lipinski definition) is 1. The molecule has 0 amide bonds. The van der Waals surface area contributed by atoms with Crippen LogP contribution in [-0.2, 0) is 9.47 Å². The zero-order valence-corrected chi connectivity index (χ0v) is 5.99. The topological polar surface area (TPSA) is 42.0 Å². The number of hydrogen-bond acceptors (Lipinski definition) is 3. The summed E-state index contributed by atoms with van der Waals surface area (Å²) >= 11 is 0. The van der Waals surface area contributed by atoms with Gasteiger partial charge in [-0.15, -0.1) is 0 Å². The molecule has 2 fully saturated rings. The number of fused-ring (bicyclic) bond motifs is 1. The van der Waals surface area contributed by atoms with E-state index in [1.54, 1.807) is 7.11 Å². The van der Waals surface area contributed by atoms with Gasteiger partial charge in [0.1, 0.15) is 0 Å². The lowest BCUT2D eigenvalue weighted by molar-refractivity contribution is -0.0285. The molecule has 2 aliphatic rings. The lowest BCUT2D eigenvalue weighted by atomic mass is 9.95. The van der Waals surface area contributed by atoms with Crippen LogP contribution < -0.4 is 0 Å². The molecule has 4 atom stereocenters. The van der Waals surface area contributed by atoms with Crippen molar-refractivity contribution in [2.75, 3.05) is 7.11 Å². The molecule has 2 rings (SSSR count). The minimum absolute atomic E-state index is 0.00347. The van der Waals surface area contributed by atoms with Crippen LogP contribution in [0.25, 0.3) is 0 Å². The van der Waals surface area contributed by atoms with Crippen molar-refractivity contribution in [3.05, 3.63) is 0 Å². The van der Waals surface area contributed by atoms with Gasteiger partial charge in [-0.05, 0) is 0 Å². The minimum atomic E-state index is -0.311. The van der Waals surface area contributed by atoms with E-state index in [-0.39, 0.29) is 12.2 Å². The van der Waals surface area contributed by atoms with Crippen molar-refractivity contribution in [2.45, 2.75) is 37.3 Å². The van der Waals surface area contributed by atoms with Gasteiger partial charge in [-0.3, -0.25) is 0 Å². The summed E-state index contributed by atoms with van der Waals surface area (Å²) in [6.07, 6.45) is 2.03. The van der Waals surface area contributed by atoms with Crippen LogP contribution in [0.4, 0.5) is 0 Å². The van der Waals surface area contributed by atoms with E-state index in [0.29, 0.717) is 12.2 Å². The molecule has 0 aromatic heterocycles. The van der Waals surface area contributed by atoms with Gasteiger partial charge >= 0.3 is 0 Å². The second-order valence-electron chi connectivity index (χ2n) is 3.03. The Labute approximate surface area is 59.9 Å². The Morgan fingerprint density at radius 3 is 2.80 bits per heavy atom. The van der Waals surface area contributed by atoms with Gasteiger partial charge in [-0.25, -0.2) is 0 Å². The highest BCUT2D eigenvalue weighted by molar-refractivity contribution is 4.96. The normalized spacial score (nSPS) is 52.2. The monoisotopic (exact) mass is 144 g/mol. The Morgan fingerprint density at radius 2 is 2.10 bits per heavy atom. The molecule has 58 valence electrons. The highest BCUT2D eigenvalue weighted by Crippen LogP contribution is 2.37. The number of aliphatic hydroxyl groups is 1. The maximum absolute atomic E-state index is 9.36. The molecule has 3 heteroatoms. The van der Waals surface area contributed by atoms with Crippen LogP contribution in [0, 0.1) is 0 Å². The van der Waals surface area contributed by atoms with Gasteiger partial charge in [0.15, 0.2) is 0 Å². The highest BCUT2D eigenvalue weighted by Gasteiger charge is 2.48. The summed E-state index contributed by atoms with van der Waals surface area (Å²) in [6, 6.07) is 0. The number of ether oxygens (including phenoxy) is 2. The molecule has 4 unspecified atom stereocenters. The standard InChI is InChI=1S/C7H12O3/c1-9-5-3-7-6(10-7)2-4(5)8/h4-8H,2-3H2,1H3. The lowest BCUT2D eigenvalue weighted by Crippen LogP contribution is -2.34. The molecule has 0 aromatic carbocycles. The van der Waals surface area contributed by atoms with E-state index in [4.69, 9.17) is 9.47 Å². The van der Waals surface area contributed by atoms with Crippen LogP contribution in [0.2, 0.25) is 0 Å². The van der Waals surface area contributed by atoms with E-state index in [9.17, 15) is 5.11 Å². The lowest BCUT2D eigenvalue weighted by Gasteiger charge is -2.23. The van der Waals surface area contributed by atoms with Crippen molar-refractivity contribution in [1.82, 2.24) is 0 Å². The van der Waals surface area contributed by atoms with E-state index in [1.165, 1.54) is 0 Å². The Balaban J connectivity index is 1.94. The molecular formula is C7H12O3. The molecule has 1 saturated heterocycles. The third kappa shape index (κ3) is 0.944. The molecule has 1 aliphatic carbocycles. The maximum Gasteiger partial charge on any atom is 0.0868 e. The fourth-order valence-electron chi connectivity index (χ4n) is 1.62. The molecular weight excluding hydrogens is 132 g/mol. The van der Waals surface area contributed by atoms with Crippen LogP contribution in [0.1, 0.15) is 12.8 Å². The zero-order chi connectivity index (χ0) is 7.14. The second kappa shape index (κ2) is 2.19. The summed E-state index contributed by atoms with van der Waals surface area (Å²) in [4.78, 5) is 0. The minimum Gasteiger partial charge on any atom is -0.390 e. The predicted octanol–water partition coefficient (Wildman–Crippen LogP) is -0.0765. The summed E-state index contributed by atoms with van der Waals surface area (Å²) in [7, 11) is 1.64. The van der Waals surface area contributed by atoms with Gasteiger partial charge in [0, 0.05) is 20.0 Å². The average Bonchev–Trinajstić information content (AvgIpc) is 2.64. The first-order valence-electron chi connectivity index (χ1n) is 3.67. The molecule has 1 N–H and O–H groups in total. The van der Waals surface area contributed by atoms with Crippen LogP contribution in [0.3, 0.4) is 0 Å². The van der Waals surface area contributed by atoms with Crippen molar-refractivity contribution in [1.29, 1.82) is 0 Å². The number of aliphatic hydroxyl groups excluding tert-OH is 1. The van der Waals surface area contributed by atoms with Crippen molar-refractivity contribution >= 4 is 0 Å². The molecule has 0 bridgehead atoms. The van der Waals surface area contributed by atoms with Crippen molar-refractivity contribution in [3.63, 3.8) is 0 Å². The quantitative estimate of drug-likeness (QED) is 0.523. The van der Waals surface area contributed by atoms with E-state index >= 15 is 0 Å². The smallest absolute Gasteiger partial charge is 0.0868 e. The number of rotatable bonds is 1. The Kier molecular flexibility index (Phi) is 1.44. The molecule has 1 heterocycles. The van der Waals surface area contributed by atoms with Crippen LogP contribution in [0.5, 0.6) is 0 Å². The van der Waals surface area contributed by atoms with Crippen molar-refractivity contribution < 1.29 is 14.6 Å². The maximum atomic E-state index is 9.36. The first kappa shape index (κ1) is 6.58. The third-order valence-corrected chi connectivity index (χ3v) is 2.36. The van der Waals surface area contributed by atoms with Gasteiger partial charge in [0.25, 0.3) is 0 Å². The first-order chi connectivity index (χ1) is 4.81. The Morgan fingerprint density at radius 1 is 1.40 bits per heavy atom. The summed E-state index contributed by atoms with van der Waals surface area (Å²) in [5, 5.41) is 9.36. The van der Waals surface area contributed by atoms with Crippen molar-refractivity contribution in [3.8, 4) is 0 Å². The molecule has 0 aromatic rings. The van der Waals surface area contributed by atoms with E-state index < -0.39 is 0 Å². The molecule has 3 nitrogen and oxygen atoms in total. The van der Waals surface area contributed by atoms with E-state index in [0.717, 1.165) is 12.8 Å². The SMILES string of the molecule is COC1CC2OC2CC1O. The number of epoxide rings is 1. The van der Waals surface area contributed by atoms with Crippen molar-refractivity contribution in [2.24, 2.45) is 0 Å². The molecule has 1 aliphatic heterocycles. The average molecular weight is 144 g/mol. The second-order valence-corrected chi connectivity index (χ2v) is 3.03. The fourth-order valence-corrected chi connectivity index (χ4v) is 1.62. The Hall–Kier alpha value is -0.120. The first-order valence-corrected chi connectivity index (χ1v) is 3.67. The summed E-state index contributed by atoms with van der Waals surface area (Å²) in [5.74, 6) is 0. The molecule has 1 saturated carbocycles. The summed E-state index contributed by atoms with van der Waals surface area (Å²) < 4.78 is 10.3.